The summed E-state index contributed by atoms with van der Waals surface area (Å²) in [5, 5.41) is 5.65. The van der Waals surface area contributed by atoms with Crippen molar-refractivity contribution in [3.8, 4) is 11.1 Å². The highest BCUT2D eigenvalue weighted by Crippen LogP contribution is 2.22. The Morgan fingerprint density at radius 3 is 2.73 bits per heavy atom. The van der Waals surface area contributed by atoms with Gasteiger partial charge in [0.25, 0.3) is 5.91 Å². The van der Waals surface area contributed by atoms with E-state index < -0.39 is 0 Å². The number of pyridine rings is 1. The molecule has 0 atom stereocenters. The number of hydrazone groups is 1. The zero-order valence-corrected chi connectivity index (χ0v) is 18.4. The molecule has 4 aromatic rings. The van der Waals surface area contributed by atoms with Crippen molar-refractivity contribution in [3.05, 3.63) is 84.2 Å². The molecule has 2 aromatic heterocycles. The average Bonchev–Trinajstić information content (AvgIpc) is 3.36. The van der Waals surface area contributed by atoms with E-state index in [0.717, 1.165) is 27.9 Å². The molecule has 2 N–H and O–H groups in total. The molecule has 2 aromatic carbocycles. The SMILES string of the molecule is C/C(=N\Nc1ccc(-c2cccc(C(=O)N3CCOCC3)c2)cn1)c1ccc2cc[nH]c2c1. The minimum atomic E-state index is 0.0359. The van der Waals surface area contributed by atoms with Gasteiger partial charge in [-0.2, -0.15) is 5.10 Å². The molecule has 0 bridgehead atoms. The van der Waals surface area contributed by atoms with Crippen molar-refractivity contribution in [2.45, 2.75) is 6.92 Å². The lowest BCUT2D eigenvalue weighted by molar-refractivity contribution is 0.0303. The number of hydrogen-bond donors (Lipinski definition) is 2. The van der Waals surface area contributed by atoms with Crippen LogP contribution in [0.5, 0.6) is 0 Å². The van der Waals surface area contributed by atoms with Gasteiger partial charge in [0.05, 0.1) is 18.9 Å². The number of benzene rings is 2. The second-order valence-electron chi connectivity index (χ2n) is 8.01. The van der Waals surface area contributed by atoms with Crippen LogP contribution in [0.2, 0.25) is 0 Å². The Kier molecular flexibility index (Phi) is 5.87. The summed E-state index contributed by atoms with van der Waals surface area (Å²) >= 11 is 0. The first-order valence-electron chi connectivity index (χ1n) is 11.0. The molecule has 1 aliphatic heterocycles. The van der Waals surface area contributed by atoms with Crippen LogP contribution in [0.15, 0.2) is 78.2 Å². The van der Waals surface area contributed by atoms with E-state index in [9.17, 15) is 4.79 Å². The van der Waals surface area contributed by atoms with Gasteiger partial charge in [-0.3, -0.25) is 10.2 Å². The van der Waals surface area contributed by atoms with Crippen LogP contribution in [0.1, 0.15) is 22.8 Å². The number of rotatable bonds is 5. The predicted octanol–water partition coefficient (Wildman–Crippen LogP) is 4.54. The van der Waals surface area contributed by atoms with Crippen LogP contribution < -0.4 is 5.43 Å². The molecule has 0 radical (unpaired) electrons. The van der Waals surface area contributed by atoms with Gasteiger partial charge in [-0.1, -0.05) is 24.3 Å². The molecule has 5 rings (SSSR count). The highest BCUT2D eigenvalue weighted by molar-refractivity contribution is 6.01. The van der Waals surface area contributed by atoms with Gasteiger partial charge in [-0.15, -0.1) is 0 Å². The van der Waals surface area contributed by atoms with Crippen LogP contribution in [0.4, 0.5) is 5.82 Å². The molecule has 0 spiro atoms. The summed E-state index contributed by atoms with van der Waals surface area (Å²) in [4.78, 5) is 22.3. The molecule has 1 fully saturated rings. The molecule has 3 heterocycles. The number of fused-ring (bicyclic) bond motifs is 1. The van der Waals surface area contributed by atoms with Crippen LogP contribution in [0.25, 0.3) is 22.0 Å². The van der Waals surface area contributed by atoms with Gasteiger partial charge >= 0.3 is 0 Å². The maximum atomic E-state index is 12.8. The summed E-state index contributed by atoms with van der Waals surface area (Å²) in [7, 11) is 0. The highest BCUT2D eigenvalue weighted by atomic mass is 16.5. The molecular formula is C26H25N5O2. The largest absolute Gasteiger partial charge is 0.378 e. The Bertz CT molecular complexity index is 1300. The standard InChI is InChI=1S/C26H25N5O2/c1-18(20-6-5-19-9-10-27-24(19)16-20)29-30-25-8-7-23(17-28-25)21-3-2-4-22(15-21)26(32)31-11-13-33-14-12-31/h2-10,15-17,27H,11-14H2,1H3,(H,28,30)/b29-18+. The van der Waals surface area contributed by atoms with E-state index in [1.807, 2.05) is 60.5 Å². The fourth-order valence-electron chi connectivity index (χ4n) is 3.89. The van der Waals surface area contributed by atoms with Crippen molar-refractivity contribution in [3.63, 3.8) is 0 Å². The lowest BCUT2D eigenvalue weighted by atomic mass is 10.0. The average molecular weight is 440 g/mol. The zero-order chi connectivity index (χ0) is 22.6. The molecule has 1 saturated heterocycles. The van der Waals surface area contributed by atoms with E-state index in [1.165, 1.54) is 5.39 Å². The number of aromatic nitrogens is 2. The van der Waals surface area contributed by atoms with Crippen LogP contribution in [0.3, 0.4) is 0 Å². The molecule has 7 nitrogen and oxygen atoms in total. The van der Waals surface area contributed by atoms with E-state index >= 15 is 0 Å². The second kappa shape index (κ2) is 9.26. The normalized spacial score (nSPS) is 14.5. The zero-order valence-electron chi connectivity index (χ0n) is 18.4. The van der Waals surface area contributed by atoms with Crippen molar-refractivity contribution in [2.24, 2.45) is 5.10 Å². The van der Waals surface area contributed by atoms with Crippen molar-refractivity contribution >= 4 is 28.3 Å². The molecule has 1 aliphatic rings. The fraction of sp³-hybridized carbons (Fsp3) is 0.192. The summed E-state index contributed by atoms with van der Waals surface area (Å²) < 4.78 is 5.34. The number of amides is 1. The van der Waals surface area contributed by atoms with Crippen molar-refractivity contribution in [1.29, 1.82) is 0 Å². The smallest absolute Gasteiger partial charge is 0.254 e. The van der Waals surface area contributed by atoms with Crippen molar-refractivity contribution in [2.75, 3.05) is 31.7 Å². The van der Waals surface area contributed by atoms with Crippen LogP contribution >= 0.6 is 0 Å². The molecule has 0 aliphatic carbocycles. The lowest BCUT2D eigenvalue weighted by Gasteiger charge is -2.27. The summed E-state index contributed by atoms with van der Waals surface area (Å²) in [6.45, 7) is 4.40. The number of nitrogens with one attached hydrogen (secondary N) is 2. The maximum absolute atomic E-state index is 12.8. The first-order valence-corrected chi connectivity index (χ1v) is 11.0. The van der Waals surface area contributed by atoms with E-state index in [-0.39, 0.29) is 5.91 Å². The molecule has 1 amide bonds. The summed E-state index contributed by atoms with van der Waals surface area (Å²) in [5.41, 5.74) is 8.59. The number of anilines is 1. The van der Waals surface area contributed by atoms with Crippen LogP contribution in [0, 0.1) is 0 Å². The van der Waals surface area contributed by atoms with Crippen molar-refractivity contribution < 1.29 is 9.53 Å². The van der Waals surface area contributed by atoms with Crippen molar-refractivity contribution in [1.82, 2.24) is 14.9 Å². The van der Waals surface area contributed by atoms with Gasteiger partial charge in [-0.05, 0) is 59.8 Å². The summed E-state index contributed by atoms with van der Waals surface area (Å²) in [5.74, 6) is 0.688. The molecular weight excluding hydrogens is 414 g/mol. The Balaban J connectivity index is 1.28. The minimum absolute atomic E-state index is 0.0359. The molecule has 166 valence electrons. The number of hydrogen-bond acceptors (Lipinski definition) is 5. The number of carbonyl (C=O) groups is 1. The van der Waals surface area contributed by atoms with E-state index in [0.29, 0.717) is 37.7 Å². The number of ether oxygens (including phenoxy) is 1. The Morgan fingerprint density at radius 1 is 1.03 bits per heavy atom. The van der Waals surface area contributed by atoms with Crippen LogP contribution in [-0.2, 0) is 4.74 Å². The molecule has 7 heteroatoms. The number of H-pyrrole nitrogens is 1. The van der Waals surface area contributed by atoms with E-state index in [1.54, 1.807) is 6.20 Å². The van der Waals surface area contributed by atoms with E-state index in [2.05, 4.69) is 38.7 Å². The minimum Gasteiger partial charge on any atom is -0.378 e. The third-order valence-corrected chi connectivity index (χ3v) is 5.82. The third-order valence-electron chi connectivity index (χ3n) is 5.82. The molecule has 0 unspecified atom stereocenters. The van der Waals surface area contributed by atoms with Gasteiger partial charge in [0, 0.05) is 42.1 Å². The fourth-order valence-corrected chi connectivity index (χ4v) is 3.89. The quantitative estimate of drug-likeness (QED) is 0.353. The monoisotopic (exact) mass is 439 g/mol. The Morgan fingerprint density at radius 2 is 1.91 bits per heavy atom. The highest BCUT2D eigenvalue weighted by Gasteiger charge is 2.18. The number of morpholine rings is 1. The number of nitrogens with zero attached hydrogens (tertiary/aromatic N) is 3. The summed E-state index contributed by atoms with van der Waals surface area (Å²) in [6, 6.07) is 19.8. The first kappa shape index (κ1) is 20.9. The van der Waals surface area contributed by atoms with Crippen LogP contribution in [-0.4, -0.2) is 52.8 Å². The molecule has 0 saturated carbocycles. The Labute approximate surface area is 192 Å². The predicted molar refractivity (Wildman–Crippen MR) is 131 cm³/mol. The summed E-state index contributed by atoms with van der Waals surface area (Å²) in [6.07, 6.45) is 3.72. The second-order valence-corrected chi connectivity index (χ2v) is 8.01. The van der Waals surface area contributed by atoms with Gasteiger partial charge in [0.15, 0.2) is 0 Å². The van der Waals surface area contributed by atoms with Gasteiger partial charge in [0.2, 0.25) is 0 Å². The first-order chi connectivity index (χ1) is 16.2. The lowest BCUT2D eigenvalue weighted by Crippen LogP contribution is -2.40. The van der Waals surface area contributed by atoms with Gasteiger partial charge in [0.1, 0.15) is 5.82 Å². The van der Waals surface area contributed by atoms with Gasteiger partial charge in [-0.25, -0.2) is 4.98 Å². The topological polar surface area (TPSA) is 82.6 Å². The third kappa shape index (κ3) is 4.63. The molecule has 33 heavy (non-hydrogen) atoms. The Hall–Kier alpha value is -3.97. The van der Waals surface area contributed by atoms with E-state index in [4.69, 9.17) is 4.74 Å². The maximum Gasteiger partial charge on any atom is 0.254 e. The number of aromatic amines is 1. The number of carbonyl (C=O) groups excluding carboxylic acids is 1. The van der Waals surface area contributed by atoms with Gasteiger partial charge < -0.3 is 14.6 Å².